The summed E-state index contributed by atoms with van der Waals surface area (Å²) in [6.07, 6.45) is 2.58. The number of likely N-dealkylation sites (N-methyl/N-ethyl adjacent to an activating group) is 2. The van der Waals surface area contributed by atoms with E-state index in [1.165, 1.54) is 25.9 Å². The normalized spacial score (nSPS) is 21.0. The van der Waals surface area contributed by atoms with E-state index in [0.29, 0.717) is 6.04 Å². The summed E-state index contributed by atoms with van der Waals surface area (Å²) in [5.41, 5.74) is 0. The summed E-state index contributed by atoms with van der Waals surface area (Å²) < 4.78 is 5.26. The van der Waals surface area contributed by atoms with Crippen molar-refractivity contribution in [3.63, 3.8) is 0 Å². The fourth-order valence-corrected chi connectivity index (χ4v) is 2.60. The molecule has 0 spiro atoms. The first-order valence-corrected chi connectivity index (χ1v) is 6.78. The average Bonchev–Trinajstić information content (AvgIpc) is 2.30. The van der Waals surface area contributed by atoms with Crippen LogP contribution in [0.25, 0.3) is 0 Å². The van der Waals surface area contributed by atoms with Crippen LogP contribution in [0.5, 0.6) is 0 Å². The first-order valence-electron chi connectivity index (χ1n) is 6.78. The van der Waals surface area contributed by atoms with E-state index in [1.807, 2.05) is 0 Å². The van der Waals surface area contributed by atoms with Crippen molar-refractivity contribution in [2.45, 2.75) is 31.8 Å². The number of ether oxygens (including phenoxy) is 1. The van der Waals surface area contributed by atoms with Crippen LogP contribution < -0.4 is 5.32 Å². The van der Waals surface area contributed by atoms with Gasteiger partial charge in [-0.25, -0.2) is 0 Å². The van der Waals surface area contributed by atoms with Crippen molar-refractivity contribution in [1.82, 2.24) is 15.1 Å². The van der Waals surface area contributed by atoms with Crippen molar-refractivity contribution in [2.75, 3.05) is 54.0 Å². The van der Waals surface area contributed by atoms with E-state index in [2.05, 4.69) is 36.1 Å². The first kappa shape index (κ1) is 14.9. The molecule has 0 amide bonds. The number of nitrogens with zero attached hydrogens (tertiary/aromatic N) is 2. The summed E-state index contributed by atoms with van der Waals surface area (Å²) in [5, 5.41) is 3.49. The molecule has 0 bridgehead atoms. The van der Waals surface area contributed by atoms with Crippen molar-refractivity contribution < 1.29 is 4.74 Å². The van der Waals surface area contributed by atoms with Crippen molar-refractivity contribution in [2.24, 2.45) is 0 Å². The topological polar surface area (TPSA) is 27.7 Å². The minimum Gasteiger partial charge on any atom is -0.383 e. The summed E-state index contributed by atoms with van der Waals surface area (Å²) in [6.45, 7) is 7.49. The quantitative estimate of drug-likeness (QED) is 0.710. The van der Waals surface area contributed by atoms with E-state index < -0.39 is 0 Å². The zero-order chi connectivity index (χ0) is 12.7. The monoisotopic (exact) mass is 243 g/mol. The van der Waals surface area contributed by atoms with E-state index in [1.54, 1.807) is 7.11 Å². The second-order valence-corrected chi connectivity index (χ2v) is 5.18. The summed E-state index contributed by atoms with van der Waals surface area (Å²) in [7, 11) is 6.23. The van der Waals surface area contributed by atoms with Crippen molar-refractivity contribution in [1.29, 1.82) is 0 Å². The van der Waals surface area contributed by atoms with Crippen LogP contribution in [-0.4, -0.2) is 75.9 Å². The van der Waals surface area contributed by atoms with Gasteiger partial charge in [0.05, 0.1) is 6.61 Å². The molecule has 4 heteroatoms. The van der Waals surface area contributed by atoms with Gasteiger partial charge in [0.1, 0.15) is 0 Å². The highest BCUT2D eigenvalue weighted by Crippen LogP contribution is 2.14. The Morgan fingerprint density at radius 2 is 2.06 bits per heavy atom. The maximum absolute atomic E-state index is 5.26. The highest BCUT2D eigenvalue weighted by molar-refractivity contribution is 4.80. The number of nitrogens with one attached hydrogen (secondary N) is 1. The smallest absolute Gasteiger partial charge is 0.0628 e. The molecule has 102 valence electrons. The number of hydrogen-bond donors (Lipinski definition) is 1. The lowest BCUT2D eigenvalue weighted by molar-refractivity contribution is 0.106. The summed E-state index contributed by atoms with van der Waals surface area (Å²) in [5.74, 6) is 0. The van der Waals surface area contributed by atoms with Gasteiger partial charge in [0.15, 0.2) is 0 Å². The van der Waals surface area contributed by atoms with Gasteiger partial charge in [0, 0.05) is 25.7 Å². The van der Waals surface area contributed by atoms with Crippen LogP contribution in [0.1, 0.15) is 19.8 Å². The van der Waals surface area contributed by atoms with E-state index >= 15 is 0 Å². The standard InChI is InChI=1S/C13H29N3O/c1-5-14-12(11-17-4)10-16(3)13-6-8-15(2)9-7-13/h12-14H,5-11H2,1-4H3. The van der Waals surface area contributed by atoms with Crippen LogP contribution in [-0.2, 0) is 4.74 Å². The van der Waals surface area contributed by atoms with Crippen molar-refractivity contribution in [3.05, 3.63) is 0 Å². The number of likely N-dealkylation sites (tertiary alicyclic amines) is 1. The zero-order valence-electron chi connectivity index (χ0n) is 11.9. The molecule has 1 unspecified atom stereocenters. The molecule has 1 rings (SSSR count). The minimum atomic E-state index is 0.453. The summed E-state index contributed by atoms with van der Waals surface area (Å²) in [6, 6.07) is 1.19. The lowest BCUT2D eigenvalue weighted by Gasteiger charge is -2.36. The van der Waals surface area contributed by atoms with Gasteiger partial charge in [-0.3, -0.25) is 0 Å². The van der Waals surface area contributed by atoms with Gasteiger partial charge in [0.25, 0.3) is 0 Å². The van der Waals surface area contributed by atoms with Gasteiger partial charge in [-0.1, -0.05) is 6.92 Å². The fourth-order valence-electron chi connectivity index (χ4n) is 2.60. The van der Waals surface area contributed by atoms with E-state index in [4.69, 9.17) is 4.74 Å². The van der Waals surface area contributed by atoms with E-state index in [9.17, 15) is 0 Å². The van der Waals surface area contributed by atoms with Gasteiger partial charge < -0.3 is 19.9 Å². The Morgan fingerprint density at radius 1 is 1.41 bits per heavy atom. The average molecular weight is 243 g/mol. The Kier molecular flexibility index (Phi) is 7.04. The van der Waals surface area contributed by atoms with Gasteiger partial charge in [-0.05, 0) is 46.6 Å². The number of methoxy groups -OCH3 is 1. The maximum atomic E-state index is 5.26. The zero-order valence-corrected chi connectivity index (χ0v) is 11.9. The van der Waals surface area contributed by atoms with Crippen molar-refractivity contribution in [3.8, 4) is 0 Å². The number of piperidine rings is 1. The van der Waals surface area contributed by atoms with Crippen LogP contribution in [0.3, 0.4) is 0 Å². The van der Waals surface area contributed by atoms with Crippen LogP contribution >= 0.6 is 0 Å². The highest BCUT2D eigenvalue weighted by Gasteiger charge is 2.22. The number of rotatable bonds is 7. The first-order chi connectivity index (χ1) is 8.17. The molecule has 0 radical (unpaired) electrons. The molecule has 1 fully saturated rings. The van der Waals surface area contributed by atoms with E-state index in [-0.39, 0.29) is 0 Å². The molecule has 1 N–H and O–H groups in total. The van der Waals surface area contributed by atoms with Crippen LogP contribution in [0.4, 0.5) is 0 Å². The predicted octanol–water partition coefficient (Wildman–Crippen LogP) is 0.637. The van der Waals surface area contributed by atoms with Gasteiger partial charge >= 0.3 is 0 Å². The Hall–Kier alpha value is -0.160. The molecular formula is C13H29N3O. The lowest BCUT2D eigenvalue weighted by Crippen LogP contribution is -2.48. The Bertz CT molecular complexity index is 187. The summed E-state index contributed by atoms with van der Waals surface area (Å²) in [4.78, 5) is 4.92. The molecule has 0 aliphatic carbocycles. The van der Waals surface area contributed by atoms with Gasteiger partial charge in [0.2, 0.25) is 0 Å². The maximum Gasteiger partial charge on any atom is 0.0628 e. The van der Waals surface area contributed by atoms with Crippen LogP contribution in [0.15, 0.2) is 0 Å². The molecule has 1 atom stereocenters. The van der Waals surface area contributed by atoms with Crippen LogP contribution in [0.2, 0.25) is 0 Å². The third-order valence-electron chi connectivity index (χ3n) is 3.68. The van der Waals surface area contributed by atoms with Crippen molar-refractivity contribution >= 4 is 0 Å². The molecule has 1 aliphatic heterocycles. The molecular weight excluding hydrogens is 214 g/mol. The van der Waals surface area contributed by atoms with Gasteiger partial charge in [-0.2, -0.15) is 0 Å². The molecule has 0 saturated carbocycles. The number of hydrogen-bond acceptors (Lipinski definition) is 4. The lowest BCUT2D eigenvalue weighted by atomic mass is 10.0. The Balaban J connectivity index is 2.32. The largest absolute Gasteiger partial charge is 0.383 e. The van der Waals surface area contributed by atoms with Crippen LogP contribution in [0, 0.1) is 0 Å². The minimum absolute atomic E-state index is 0.453. The second-order valence-electron chi connectivity index (χ2n) is 5.18. The highest BCUT2D eigenvalue weighted by atomic mass is 16.5. The Morgan fingerprint density at radius 3 is 2.59 bits per heavy atom. The second kappa shape index (κ2) is 8.03. The molecule has 0 aromatic rings. The molecule has 0 aromatic carbocycles. The third-order valence-corrected chi connectivity index (χ3v) is 3.68. The van der Waals surface area contributed by atoms with E-state index in [0.717, 1.165) is 25.7 Å². The molecule has 1 heterocycles. The predicted molar refractivity (Wildman–Crippen MR) is 72.5 cm³/mol. The van der Waals surface area contributed by atoms with Gasteiger partial charge in [-0.15, -0.1) is 0 Å². The summed E-state index contributed by atoms with van der Waals surface area (Å²) >= 11 is 0. The molecule has 1 aliphatic rings. The molecule has 1 saturated heterocycles. The molecule has 4 nitrogen and oxygen atoms in total. The molecule has 0 aromatic heterocycles. The fraction of sp³-hybridized carbons (Fsp3) is 1.00. The molecule has 17 heavy (non-hydrogen) atoms. The SMILES string of the molecule is CCNC(COC)CN(C)C1CCN(C)CC1. The Labute approximate surface area is 106 Å². The third kappa shape index (κ3) is 5.34.